The fourth-order valence-corrected chi connectivity index (χ4v) is 4.79. The largest absolute Gasteiger partial charge is 0.484 e. The first-order valence-electron chi connectivity index (χ1n) is 9.55. The van der Waals surface area contributed by atoms with Crippen molar-refractivity contribution in [2.75, 3.05) is 25.0 Å². The van der Waals surface area contributed by atoms with Gasteiger partial charge in [-0.3, -0.25) is 4.79 Å². The molecule has 0 bridgehead atoms. The Labute approximate surface area is 176 Å². The lowest BCUT2D eigenvalue weighted by molar-refractivity contribution is -0.118. The zero-order chi connectivity index (χ0) is 21.0. The molecule has 29 heavy (non-hydrogen) atoms. The highest BCUT2D eigenvalue weighted by molar-refractivity contribution is 7.89. The van der Waals surface area contributed by atoms with Gasteiger partial charge in [-0.25, -0.2) is 8.42 Å². The van der Waals surface area contributed by atoms with Crippen molar-refractivity contribution >= 4 is 33.2 Å². The number of aryl methyl sites for hydroxylation is 1. The molecule has 0 aliphatic carbocycles. The Kier molecular flexibility index (Phi) is 6.82. The first-order chi connectivity index (χ1) is 13.8. The molecular weight excluding hydrogens is 412 g/mol. The van der Waals surface area contributed by atoms with E-state index >= 15 is 0 Å². The van der Waals surface area contributed by atoms with Crippen molar-refractivity contribution in [2.45, 2.75) is 31.6 Å². The summed E-state index contributed by atoms with van der Waals surface area (Å²) in [6.07, 6.45) is 1.75. The molecule has 1 N–H and O–H groups in total. The van der Waals surface area contributed by atoms with Gasteiger partial charge >= 0.3 is 0 Å². The number of nitrogens with zero attached hydrogens (tertiary/aromatic N) is 1. The maximum atomic E-state index is 12.7. The molecule has 1 amide bonds. The number of benzene rings is 2. The Bertz CT molecular complexity index is 969. The molecular formula is C21H25ClN2O4S. The summed E-state index contributed by atoms with van der Waals surface area (Å²) in [6, 6.07) is 11.4. The Morgan fingerprint density at radius 1 is 1.17 bits per heavy atom. The molecule has 1 saturated heterocycles. The predicted octanol–water partition coefficient (Wildman–Crippen LogP) is 4.09. The maximum absolute atomic E-state index is 12.7. The molecule has 1 fully saturated rings. The van der Waals surface area contributed by atoms with Crippen molar-refractivity contribution in [1.29, 1.82) is 0 Å². The van der Waals surface area contributed by atoms with Crippen LogP contribution < -0.4 is 10.1 Å². The van der Waals surface area contributed by atoms with Crippen LogP contribution in [-0.2, 0) is 14.8 Å². The third kappa shape index (κ3) is 5.50. The highest BCUT2D eigenvalue weighted by Gasteiger charge is 2.27. The number of rotatable bonds is 6. The molecule has 0 aromatic heterocycles. The SMILES string of the molecule is Cc1ccc(Cl)cc1NC(=O)COc1ccc(S(=O)(=O)N2CCC(C)CC2)cc1. The van der Waals surface area contributed by atoms with Crippen LogP contribution in [0.1, 0.15) is 25.3 Å². The molecule has 0 radical (unpaired) electrons. The second-order valence-electron chi connectivity index (χ2n) is 7.35. The number of piperidine rings is 1. The zero-order valence-electron chi connectivity index (χ0n) is 16.5. The van der Waals surface area contributed by atoms with E-state index < -0.39 is 10.0 Å². The molecule has 0 spiro atoms. The van der Waals surface area contributed by atoms with E-state index in [2.05, 4.69) is 12.2 Å². The van der Waals surface area contributed by atoms with E-state index in [1.165, 1.54) is 16.4 Å². The van der Waals surface area contributed by atoms with Gasteiger partial charge in [0, 0.05) is 23.8 Å². The van der Waals surface area contributed by atoms with Crippen LogP contribution in [0.3, 0.4) is 0 Å². The van der Waals surface area contributed by atoms with E-state index in [-0.39, 0.29) is 17.4 Å². The fraction of sp³-hybridized carbons (Fsp3) is 0.381. The van der Waals surface area contributed by atoms with Crippen molar-refractivity contribution < 1.29 is 17.9 Å². The Morgan fingerprint density at radius 3 is 2.48 bits per heavy atom. The van der Waals surface area contributed by atoms with Gasteiger partial charge in [0.15, 0.2) is 6.61 Å². The molecule has 3 rings (SSSR count). The molecule has 1 aliphatic heterocycles. The average Bonchev–Trinajstić information content (AvgIpc) is 2.70. The minimum absolute atomic E-state index is 0.192. The maximum Gasteiger partial charge on any atom is 0.262 e. The molecule has 0 unspecified atom stereocenters. The summed E-state index contributed by atoms with van der Waals surface area (Å²) < 4.78 is 32.5. The van der Waals surface area contributed by atoms with Gasteiger partial charge in [-0.05, 0) is 67.6 Å². The van der Waals surface area contributed by atoms with Crippen molar-refractivity contribution in [3.63, 3.8) is 0 Å². The smallest absolute Gasteiger partial charge is 0.262 e. The predicted molar refractivity (Wildman–Crippen MR) is 114 cm³/mol. The first kappa shape index (κ1) is 21.6. The van der Waals surface area contributed by atoms with Crippen LogP contribution in [0.2, 0.25) is 5.02 Å². The molecule has 1 heterocycles. The van der Waals surface area contributed by atoms with Crippen molar-refractivity contribution in [3.8, 4) is 5.75 Å². The topological polar surface area (TPSA) is 75.7 Å². The normalized spacial score (nSPS) is 15.8. The number of anilines is 1. The molecule has 6 nitrogen and oxygen atoms in total. The summed E-state index contributed by atoms with van der Waals surface area (Å²) in [5, 5.41) is 3.29. The van der Waals surface area contributed by atoms with E-state index in [9.17, 15) is 13.2 Å². The second-order valence-corrected chi connectivity index (χ2v) is 9.73. The van der Waals surface area contributed by atoms with Crippen LogP contribution in [0.15, 0.2) is 47.4 Å². The molecule has 2 aromatic carbocycles. The van der Waals surface area contributed by atoms with Crippen LogP contribution in [-0.4, -0.2) is 38.3 Å². The highest BCUT2D eigenvalue weighted by atomic mass is 35.5. The van der Waals surface area contributed by atoms with Crippen LogP contribution in [0, 0.1) is 12.8 Å². The number of hydrogen-bond acceptors (Lipinski definition) is 4. The molecule has 0 atom stereocenters. The van der Waals surface area contributed by atoms with E-state index in [1.54, 1.807) is 24.3 Å². The van der Waals surface area contributed by atoms with E-state index in [0.717, 1.165) is 18.4 Å². The fourth-order valence-electron chi connectivity index (χ4n) is 3.15. The number of ether oxygens (including phenoxy) is 1. The second kappa shape index (κ2) is 9.15. The van der Waals surface area contributed by atoms with E-state index in [0.29, 0.717) is 35.5 Å². The van der Waals surface area contributed by atoms with Crippen molar-refractivity contribution in [1.82, 2.24) is 4.31 Å². The average molecular weight is 437 g/mol. The number of sulfonamides is 1. The summed E-state index contributed by atoms with van der Waals surface area (Å²) in [5.41, 5.74) is 1.52. The number of carbonyl (C=O) groups excluding carboxylic acids is 1. The van der Waals surface area contributed by atoms with Crippen LogP contribution >= 0.6 is 11.6 Å². The van der Waals surface area contributed by atoms with Crippen LogP contribution in [0.4, 0.5) is 5.69 Å². The summed E-state index contributed by atoms with van der Waals surface area (Å²) in [7, 11) is -3.50. The van der Waals surface area contributed by atoms with Gasteiger partial charge in [-0.2, -0.15) is 4.31 Å². The molecule has 2 aromatic rings. The summed E-state index contributed by atoms with van der Waals surface area (Å²) in [6.45, 7) is 4.91. The van der Waals surface area contributed by atoms with Gasteiger partial charge in [-0.15, -0.1) is 0 Å². The summed E-state index contributed by atoms with van der Waals surface area (Å²) in [5.74, 6) is 0.655. The number of nitrogens with one attached hydrogen (secondary N) is 1. The Morgan fingerprint density at radius 2 is 1.83 bits per heavy atom. The van der Waals surface area contributed by atoms with Gasteiger partial charge in [-0.1, -0.05) is 24.6 Å². The van der Waals surface area contributed by atoms with Crippen LogP contribution in [0.25, 0.3) is 0 Å². The minimum Gasteiger partial charge on any atom is -0.484 e. The lowest BCUT2D eigenvalue weighted by Crippen LogP contribution is -2.37. The lowest BCUT2D eigenvalue weighted by Gasteiger charge is -2.29. The molecule has 8 heteroatoms. The third-order valence-corrected chi connectivity index (χ3v) is 7.20. The van der Waals surface area contributed by atoms with Gasteiger partial charge in [0.2, 0.25) is 10.0 Å². The molecule has 156 valence electrons. The lowest BCUT2D eigenvalue weighted by atomic mass is 10.0. The van der Waals surface area contributed by atoms with E-state index in [1.807, 2.05) is 13.0 Å². The summed E-state index contributed by atoms with van der Waals surface area (Å²) in [4.78, 5) is 12.4. The number of hydrogen-bond donors (Lipinski definition) is 1. The van der Waals surface area contributed by atoms with Gasteiger partial charge in [0.05, 0.1) is 4.90 Å². The third-order valence-electron chi connectivity index (χ3n) is 5.05. The molecule has 0 saturated carbocycles. The van der Waals surface area contributed by atoms with Crippen LogP contribution in [0.5, 0.6) is 5.75 Å². The Hall–Kier alpha value is -2.09. The molecule has 1 aliphatic rings. The van der Waals surface area contributed by atoms with Gasteiger partial charge < -0.3 is 10.1 Å². The number of amides is 1. The standard InChI is InChI=1S/C21H25ClN2O4S/c1-15-9-11-24(12-10-15)29(26,27)19-7-5-18(6-8-19)28-14-21(25)23-20-13-17(22)4-3-16(20)2/h3-8,13,15H,9-12,14H2,1-2H3,(H,23,25). The monoisotopic (exact) mass is 436 g/mol. The summed E-state index contributed by atoms with van der Waals surface area (Å²) >= 11 is 5.95. The van der Waals surface area contributed by atoms with E-state index in [4.69, 9.17) is 16.3 Å². The zero-order valence-corrected chi connectivity index (χ0v) is 18.1. The van der Waals surface area contributed by atoms with Gasteiger partial charge in [0.25, 0.3) is 5.91 Å². The van der Waals surface area contributed by atoms with Crippen molar-refractivity contribution in [3.05, 3.63) is 53.1 Å². The van der Waals surface area contributed by atoms with Gasteiger partial charge in [0.1, 0.15) is 5.75 Å². The Balaban J connectivity index is 1.57. The number of carbonyl (C=O) groups is 1. The minimum atomic E-state index is -3.50. The highest BCUT2D eigenvalue weighted by Crippen LogP contribution is 2.25. The van der Waals surface area contributed by atoms with Crippen molar-refractivity contribution in [2.24, 2.45) is 5.92 Å². The quantitative estimate of drug-likeness (QED) is 0.740. The number of halogens is 1. The first-order valence-corrected chi connectivity index (χ1v) is 11.4.